The minimum absolute atomic E-state index is 0.0228. The third kappa shape index (κ3) is 2.98. The van der Waals surface area contributed by atoms with Crippen LogP contribution in [-0.4, -0.2) is 18.2 Å². The Bertz CT molecular complexity index is 698. The molecule has 0 atom stereocenters. The molecule has 1 heterocycles. The molecule has 0 spiro atoms. The topological polar surface area (TPSA) is 52.3 Å². The van der Waals surface area contributed by atoms with Gasteiger partial charge in [0.1, 0.15) is 11.3 Å². The van der Waals surface area contributed by atoms with E-state index in [1.54, 1.807) is 0 Å². The number of carbonyl (C=O) groups is 1. The maximum absolute atomic E-state index is 12.8. The zero-order valence-corrected chi connectivity index (χ0v) is 11.8. The van der Waals surface area contributed by atoms with E-state index in [-0.39, 0.29) is 21.3 Å². The summed E-state index contributed by atoms with van der Waals surface area (Å²) in [6.45, 7) is 0. The first kappa shape index (κ1) is 15.7. The maximum atomic E-state index is 12.8. The number of esters is 1. The van der Waals surface area contributed by atoms with Crippen LogP contribution in [0.4, 0.5) is 13.2 Å². The summed E-state index contributed by atoms with van der Waals surface area (Å²) in [5.74, 6) is -2.78. The van der Waals surface area contributed by atoms with Gasteiger partial charge in [0.2, 0.25) is 0 Å². The van der Waals surface area contributed by atoms with E-state index in [1.165, 1.54) is 18.2 Å². The predicted molar refractivity (Wildman–Crippen MR) is 68.3 cm³/mol. The number of benzene rings is 1. The van der Waals surface area contributed by atoms with Crippen molar-refractivity contribution in [3.63, 3.8) is 0 Å². The van der Waals surface area contributed by atoms with Gasteiger partial charge in [-0.3, -0.25) is 0 Å². The van der Waals surface area contributed by atoms with Crippen LogP contribution < -0.4 is 0 Å². The smallest absolute Gasteiger partial charge is 0.453 e. The van der Waals surface area contributed by atoms with E-state index in [2.05, 4.69) is 14.4 Å². The summed E-state index contributed by atoms with van der Waals surface area (Å²) in [6.07, 6.45) is -4.90. The first-order valence-corrected chi connectivity index (χ1v) is 6.12. The molecular weight excluding hydrogens is 334 g/mol. The molecule has 1 aromatic heterocycles. The van der Waals surface area contributed by atoms with Gasteiger partial charge in [-0.05, 0) is 18.2 Å². The van der Waals surface area contributed by atoms with Crippen molar-refractivity contribution in [1.82, 2.24) is 5.16 Å². The van der Waals surface area contributed by atoms with Crippen molar-refractivity contribution in [1.29, 1.82) is 0 Å². The average Bonchev–Trinajstić information content (AvgIpc) is 2.82. The number of ether oxygens (including phenoxy) is 1. The number of rotatable bonds is 2. The molecule has 0 radical (unpaired) electrons. The minimum Gasteiger partial charge on any atom is -0.465 e. The third-order valence-electron chi connectivity index (χ3n) is 2.53. The molecule has 0 aliphatic carbocycles. The molecule has 9 heteroatoms. The number of methoxy groups -OCH3 is 1. The number of carbonyl (C=O) groups excluding carboxylic acids is 1. The molecule has 0 bridgehead atoms. The van der Waals surface area contributed by atoms with Gasteiger partial charge in [-0.25, -0.2) is 4.79 Å². The van der Waals surface area contributed by atoms with E-state index in [4.69, 9.17) is 23.2 Å². The van der Waals surface area contributed by atoms with E-state index in [9.17, 15) is 18.0 Å². The third-order valence-corrected chi connectivity index (χ3v) is 3.07. The molecule has 0 N–H and O–H groups in total. The lowest BCUT2D eigenvalue weighted by Crippen LogP contribution is -2.12. The van der Waals surface area contributed by atoms with Crippen LogP contribution in [0.5, 0.6) is 0 Å². The number of alkyl halides is 3. The number of halogens is 5. The predicted octanol–water partition coefficient (Wildman–Crippen LogP) is 4.45. The monoisotopic (exact) mass is 339 g/mol. The van der Waals surface area contributed by atoms with Gasteiger partial charge in [0, 0.05) is 10.6 Å². The lowest BCUT2D eigenvalue weighted by Gasteiger charge is -2.06. The second kappa shape index (κ2) is 5.57. The molecule has 1 aromatic carbocycles. The summed E-state index contributed by atoms with van der Waals surface area (Å²) in [4.78, 5) is 11.6. The summed E-state index contributed by atoms with van der Waals surface area (Å²) in [5, 5.41) is 3.59. The molecule has 112 valence electrons. The van der Waals surface area contributed by atoms with Crippen molar-refractivity contribution in [3.8, 4) is 11.3 Å². The summed E-state index contributed by atoms with van der Waals surface area (Å²) >= 11 is 11.6. The van der Waals surface area contributed by atoms with Gasteiger partial charge in [-0.1, -0.05) is 28.4 Å². The second-order valence-corrected chi connectivity index (χ2v) is 4.69. The highest BCUT2D eigenvalue weighted by molar-refractivity contribution is 6.36. The van der Waals surface area contributed by atoms with Crippen LogP contribution in [0.25, 0.3) is 11.3 Å². The van der Waals surface area contributed by atoms with Gasteiger partial charge in [0.15, 0.2) is 0 Å². The van der Waals surface area contributed by atoms with Crippen molar-refractivity contribution >= 4 is 29.2 Å². The molecule has 0 aliphatic rings. The molecule has 21 heavy (non-hydrogen) atoms. The summed E-state index contributed by atoms with van der Waals surface area (Å²) < 4.78 is 47.1. The van der Waals surface area contributed by atoms with E-state index >= 15 is 0 Å². The summed E-state index contributed by atoms with van der Waals surface area (Å²) in [6, 6.07) is 4.03. The average molecular weight is 340 g/mol. The van der Waals surface area contributed by atoms with Gasteiger partial charge in [-0.15, -0.1) is 0 Å². The number of hydrogen-bond donors (Lipinski definition) is 0. The fourth-order valence-electron chi connectivity index (χ4n) is 1.64. The molecule has 0 aliphatic heterocycles. The highest BCUT2D eigenvalue weighted by Crippen LogP contribution is 2.39. The Labute approximate surface area is 126 Å². The highest BCUT2D eigenvalue weighted by Gasteiger charge is 2.43. The fraction of sp³-hybridized carbons (Fsp3) is 0.167. The Balaban J connectivity index is 2.70. The Morgan fingerprint density at radius 3 is 2.52 bits per heavy atom. The van der Waals surface area contributed by atoms with Gasteiger partial charge in [0.25, 0.3) is 5.76 Å². The lowest BCUT2D eigenvalue weighted by molar-refractivity contribution is -0.156. The Hall–Kier alpha value is -1.73. The fourth-order valence-corrected chi connectivity index (χ4v) is 2.14. The van der Waals surface area contributed by atoms with Gasteiger partial charge in [0.05, 0.1) is 12.1 Å². The van der Waals surface area contributed by atoms with Crippen molar-refractivity contribution in [2.24, 2.45) is 0 Å². The summed E-state index contributed by atoms with van der Waals surface area (Å²) in [7, 11) is 0.947. The minimum atomic E-state index is -4.90. The first-order valence-electron chi connectivity index (χ1n) is 5.36. The molecule has 2 aromatic rings. The molecule has 2 rings (SSSR count). The van der Waals surface area contributed by atoms with Gasteiger partial charge >= 0.3 is 12.1 Å². The van der Waals surface area contributed by atoms with Crippen LogP contribution in [0, 0.1) is 0 Å². The van der Waals surface area contributed by atoms with Crippen LogP contribution in [0.1, 0.15) is 16.1 Å². The molecule has 0 amide bonds. The lowest BCUT2D eigenvalue weighted by atomic mass is 10.1. The zero-order chi connectivity index (χ0) is 15.8. The van der Waals surface area contributed by atoms with Gasteiger partial charge < -0.3 is 9.26 Å². The second-order valence-electron chi connectivity index (χ2n) is 3.85. The quantitative estimate of drug-likeness (QED) is 0.758. The largest absolute Gasteiger partial charge is 0.465 e. The number of aromatic nitrogens is 1. The van der Waals surface area contributed by atoms with Crippen LogP contribution in [0.3, 0.4) is 0 Å². The molecular formula is C12H6Cl2F3NO3. The van der Waals surface area contributed by atoms with Crippen LogP contribution in [0.2, 0.25) is 10.0 Å². The van der Waals surface area contributed by atoms with E-state index in [0.29, 0.717) is 0 Å². The standard InChI is InChI=1S/C12H6Cl2F3NO3/c1-20-11(19)8-9(18-21-10(8)12(15,16)17)6-3-2-5(13)4-7(6)14/h2-4H,1H3. The Morgan fingerprint density at radius 1 is 1.33 bits per heavy atom. The van der Waals surface area contributed by atoms with Crippen molar-refractivity contribution in [2.45, 2.75) is 6.18 Å². The van der Waals surface area contributed by atoms with E-state index in [0.717, 1.165) is 7.11 Å². The van der Waals surface area contributed by atoms with Crippen LogP contribution >= 0.6 is 23.2 Å². The zero-order valence-electron chi connectivity index (χ0n) is 10.3. The summed E-state index contributed by atoms with van der Waals surface area (Å²) in [5.41, 5.74) is -1.13. The van der Waals surface area contributed by atoms with Gasteiger partial charge in [-0.2, -0.15) is 13.2 Å². The van der Waals surface area contributed by atoms with Crippen LogP contribution in [0.15, 0.2) is 22.7 Å². The van der Waals surface area contributed by atoms with Crippen molar-refractivity contribution in [3.05, 3.63) is 39.6 Å². The van der Waals surface area contributed by atoms with Crippen molar-refractivity contribution in [2.75, 3.05) is 7.11 Å². The Morgan fingerprint density at radius 2 is 2.00 bits per heavy atom. The van der Waals surface area contributed by atoms with Crippen LogP contribution in [-0.2, 0) is 10.9 Å². The Kier molecular flexibility index (Phi) is 4.15. The number of hydrogen-bond acceptors (Lipinski definition) is 4. The molecule has 4 nitrogen and oxygen atoms in total. The maximum Gasteiger partial charge on any atom is 0.453 e. The van der Waals surface area contributed by atoms with E-state index < -0.39 is 23.5 Å². The molecule has 0 saturated heterocycles. The SMILES string of the molecule is COC(=O)c1c(-c2ccc(Cl)cc2Cl)noc1C(F)(F)F. The normalized spacial score (nSPS) is 11.5. The van der Waals surface area contributed by atoms with E-state index in [1.807, 2.05) is 0 Å². The van der Waals surface area contributed by atoms with Crippen molar-refractivity contribution < 1.29 is 27.2 Å². The highest BCUT2D eigenvalue weighted by atomic mass is 35.5. The number of nitrogens with zero attached hydrogens (tertiary/aromatic N) is 1. The molecule has 0 unspecified atom stereocenters. The first-order chi connectivity index (χ1) is 9.75. The molecule has 0 saturated carbocycles. The molecule has 0 fully saturated rings.